The standard InChI is InChI=1S/C15H11ClFN3O/c16-9-5-10(17)7-12(6-9)19-15(21)14-4-8-3-11(18)1-2-13(8)20-14/h1-7,20H,18H2,(H,19,21). The SMILES string of the molecule is Nc1ccc2[nH]c(C(=O)Nc3cc(F)cc(Cl)c3)cc2c1. The molecule has 2 aromatic carbocycles. The summed E-state index contributed by atoms with van der Waals surface area (Å²) < 4.78 is 13.2. The molecule has 0 saturated carbocycles. The maximum atomic E-state index is 13.2. The highest BCUT2D eigenvalue weighted by Gasteiger charge is 2.11. The van der Waals surface area contributed by atoms with Gasteiger partial charge >= 0.3 is 0 Å². The molecule has 0 aliphatic carbocycles. The van der Waals surface area contributed by atoms with Gasteiger partial charge in [0, 0.05) is 27.3 Å². The van der Waals surface area contributed by atoms with E-state index in [1.807, 2.05) is 0 Å². The molecule has 0 aliphatic rings. The molecule has 0 saturated heterocycles. The fourth-order valence-corrected chi connectivity index (χ4v) is 2.32. The van der Waals surface area contributed by atoms with E-state index in [9.17, 15) is 9.18 Å². The molecule has 0 bridgehead atoms. The largest absolute Gasteiger partial charge is 0.399 e. The van der Waals surface area contributed by atoms with E-state index in [0.29, 0.717) is 17.1 Å². The van der Waals surface area contributed by atoms with Crippen molar-refractivity contribution in [2.75, 3.05) is 11.1 Å². The summed E-state index contributed by atoms with van der Waals surface area (Å²) in [4.78, 5) is 15.1. The number of carbonyl (C=O) groups excluding carboxylic acids is 1. The lowest BCUT2D eigenvalue weighted by molar-refractivity contribution is 0.102. The number of aromatic nitrogens is 1. The molecule has 0 fully saturated rings. The van der Waals surface area contributed by atoms with Crippen molar-refractivity contribution in [1.82, 2.24) is 4.98 Å². The first-order valence-corrected chi connectivity index (χ1v) is 6.55. The highest BCUT2D eigenvalue weighted by Crippen LogP contribution is 2.21. The topological polar surface area (TPSA) is 70.9 Å². The van der Waals surface area contributed by atoms with Gasteiger partial charge in [0.2, 0.25) is 0 Å². The molecule has 0 unspecified atom stereocenters. The molecule has 1 heterocycles. The Hall–Kier alpha value is -2.53. The number of halogens is 2. The van der Waals surface area contributed by atoms with Crippen LogP contribution in [0.15, 0.2) is 42.5 Å². The van der Waals surface area contributed by atoms with Gasteiger partial charge in [-0.3, -0.25) is 4.79 Å². The molecule has 0 aliphatic heterocycles. The molecule has 0 atom stereocenters. The Labute approximate surface area is 124 Å². The van der Waals surface area contributed by atoms with Crippen LogP contribution in [0.4, 0.5) is 15.8 Å². The number of rotatable bonds is 2. The van der Waals surface area contributed by atoms with Crippen LogP contribution in [0, 0.1) is 5.82 Å². The van der Waals surface area contributed by atoms with Gasteiger partial charge in [-0.15, -0.1) is 0 Å². The summed E-state index contributed by atoms with van der Waals surface area (Å²) in [5.41, 5.74) is 7.76. The smallest absolute Gasteiger partial charge is 0.272 e. The maximum Gasteiger partial charge on any atom is 0.272 e. The Morgan fingerprint density at radius 3 is 2.76 bits per heavy atom. The van der Waals surface area contributed by atoms with Crippen molar-refractivity contribution in [3.63, 3.8) is 0 Å². The second kappa shape index (κ2) is 5.10. The van der Waals surface area contributed by atoms with Crippen LogP contribution in [0.3, 0.4) is 0 Å². The molecule has 4 N–H and O–H groups in total. The van der Waals surface area contributed by atoms with Gasteiger partial charge in [0.15, 0.2) is 0 Å². The lowest BCUT2D eigenvalue weighted by Gasteiger charge is -2.04. The molecule has 4 nitrogen and oxygen atoms in total. The third-order valence-electron chi connectivity index (χ3n) is 3.01. The number of nitrogens with one attached hydrogen (secondary N) is 2. The minimum absolute atomic E-state index is 0.217. The molecule has 0 spiro atoms. The van der Waals surface area contributed by atoms with E-state index in [2.05, 4.69) is 10.3 Å². The number of nitrogens with two attached hydrogens (primary N) is 1. The van der Waals surface area contributed by atoms with E-state index in [-0.39, 0.29) is 10.9 Å². The summed E-state index contributed by atoms with van der Waals surface area (Å²) >= 11 is 5.75. The van der Waals surface area contributed by atoms with E-state index >= 15 is 0 Å². The predicted molar refractivity (Wildman–Crippen MR) is 82.1 cm³/mol. The van der Waals surface area contributed by atoms with Gasteiger partial charge in [0.1, 0.15) is 11.5 Å². The van der Waals surface area contributed by atoms with E-state index in [4.69, 9.17) is 17.3 Å². The van der Waals surface area contributed by atoms with Crippen LogP contribution in [-0.2, 0) is 0 Å². The van der Waals surface area contributed by atoms with Crippen LogP contribution >= 0.6 is 11.6 Å². The van der Waals surface area contributed by atoms with Crippen molar-refractivity contribution in [3.8, 4) is 0 Å². The van der Waals surface area contributed by atoms with Crippen LogP contribution < -0.4 is 11.1 Å². The highest BCUT2D eigenvalue weighted by molar-refractivity contribution is 6.31. The zero-order valence-electron chi connectivity index (χ0n) is 10.8. The molecular weight excluding hydrogens is 293 g/mol. The number of hydrogen-bond acceptors (Lipinski definition) is 2. The Morgan fingerprint density at radius 1 is 1.19 bits per heavy atom. The first kappa shape index (κ1) is 13.5. The minimum atomic E-state index is -0.512. The van der Waals surface area contributed by atoms with Crippen molar-refractivity contribution >= 4 is 39.8 Å². The van der Waals surface area contributed by atoms with Crippen molar-refractivity contribution in [2.45, 2.75) is 0 Å². The number of H-pyrrole nitrogens is 1. The monoisotopic (exact) mass is 303 g/mol. The summed E-state index contributed by atoms with van der Waals surface area (Å²) in [5.74, 6) is -0.895. The van der Waals surface area contributed by atoms with Gasteiger partial charge in [0.25, 0.3) is 5.91 Å². The van der Waals surface area contributed by atoms with E-state index in [0.717, 1.165) is 10.9 Å². The number of nitrogen functional groups attached to an aromatic ring is 1. The van der Waals surface area contributed by atoms with Gasteiger partial charge in [-0.1, -0.05) is 11.6 Å². The third-order valence-corrected chi connectivity index (χ3v) is 3.23. The molecule has 3 rings (SSSR count). The Kier molecular flexibility index (Phi) is 3.27. The number of fused-ring (bicyclic) bond motifs is 1. The summed E-state index contributed by atoms with van der Waals surface area (Å²) in [6.07, 6.45) is 0. The van der Waals surface area contributed by atoms with E-state index in [1.54, 1.807) is 24.3 Å². The minimum Gasteiger partial charge on any atom is -0.399 e. The van der Waals surface area contributed by atoms with Gasteiger partial charge in [-0.2, -0.15) is 0 Å². The maximum absolute atomic E-state index is 13.2. The van der Waals surface area contributed by atoms with Gasteiger partial charge in [0.05, 0.1) is 0 Å². The number of aromatic amines is 1. The molecule has 1 aromatic heterocycles. The van der Waals surface area contributed by atoms with E-state index < -0.39 is 5.82 Å². The second-order valence-corrected chi connectivity index (χ2v) is 5.08. The molecule has 106 valence electrons. The Balaban J connectivity index is 1.89. The summed E-state index contributed by atoms with van der Waals surface area (Å²) in [7, 11) is 0. The highest BCUT2D eigenvalue weighted by atomic mass is 35.5. The average Bonchev–Trinajstić information content (AvgIpc) is 2.80. The Morgan fingerprint density at radius 2 is 2.00 bits per heavy atom. The van der Waals surface area contributed by atoms with Gasteiger partial charge < -0.3 is 16.0 Å². The zero-order chi connectivity index (χ0) is 15.0. The first-order chi connectivity index (χ1) is 10.0. The predicted octanol–water partition coefficient (Wildman–Crippen LogP) is 3.79. The van der Waals surface area contributed by atoms with E-state index in [1.165, 1.54) is 18.2 Å². The number of carbonyl (C=O) groups is 1. The summed E-state index contributed by atoms with van der Waals surface area (Å²) in [5, 5.41) is 3.64. The molecule has 21 heavy (non-hydrogen) atoms. The quantitative estimate of drug-likeness (QED) is 0.630. The summed E-state index contributed by atoms with van der Waals surface area (Å²) in [6, 6.07) is 10.8. The fraction of sp³-hybridized carbons (Fsp3) is 0. The molecule has 1 amide bonds. The third kappa shape index (κ3) is 2.83. The molecule has 0 radical (unpaired) electrons. The second-order valence-electron chi connectivity index (χ2n) is 4.64. The van der Waals surface area contributed by atoms with Crippen molar-refractivity contribution in [2.24, 2.45) is 0 Å². The lowest BCUT2D eigenvalue weighted by Crippen LogP contribution is -2.12. The normalized spacial score (nSPS) is 10.8. The van der Waals surface area contributed by atoms with Crippen molar-refractivity contribution in [1.29, 1.82) is 0 Å². The van der Waals surface area contributed by atoms with Crippen LogP contribution in [-0.4, -0.2) is 10.9 Å². The fourth-order valence-electron chi connectivity index (χ4n) is 2.10. The van der Waals surface area contributed by atoms with Crippen molar-refractivity contribution < 1.29 is 9.18 Å². The van der Waals surface area contributed by atoms with Crippen LogP contribution in [0.2, 0.25) is 5.02 Å². The summed E-state index contributed by atoms with van der Waals surface area (Å²) in [6.45, 7) is 0. The van der Waals surface area contributed by atoms with Crippen LogP contribution in [0.1, 0.15) is 10.5 Å². The molecular formula is C15H11ClFN3O. The average molecular weight is 304 g/mol. The Bertz CT molecular complexity index is 824. The molecule has 6 heteroatoms. The van der Waals surface area contributed by atoms with Crippen LogP contribution in [0.5, 0.6) is 0 Å². The van der Waals surface area contributed by atoms with Crippen LogP contribution in [0.25, 0.3) is 10.9 Å². The molecule has 3 aromatic rings. The number of benzene rings is 2. The number of anilines is 2. The number of hydrogen-bond donors (Lipinski definition) is 3. The van der Waals surface area contributed by atoms with Gasteiger partial charge in [-0.05, 0) is 42.5 Å². The lowest BCUT2D eigenvalue weighted by atomic mass is 10.2. The number of amides is 1. The zero-order valence-corrected chi connectivity index (χ0v) is 11.5. The first-order valence-electron chi connectivity index (χ1n) is 6.17. The van der Waals surface area contributed by atoms with Gasteiger partial charge in [-0.25, -0.2) is 4.39 Å². The van der Waals surface area contributed by atoms with Crippen molar-refractivity contribution in [3.05, 3.63) is 59.0 Å².